The van der Waals surface area contributed by atoms with Gasteiger partial charge in [-0.15, -0.1) is 0 Å². The lowest BCUT2D eigenvalue weighted by atomic mass is 9.42. The average molecular weight is 407 g/mol. The molecular weight excluding hydrogens is 364 g/mol. The molecule has 4 saturated carbocycles. The first kappa shape index (κ1) is 21.6. The summed E-state index contributed by atoms with van der Waals surface area (Å²) in [6.07, 6.45) is 11.8. The van der Waals surface area contributed by atoms with Crippen LogP contribution in [-0.4, -0.2) is 27.1 Å². The normalized spacial score (nSPS) is 48.3. The van der Waals surface area contributed by atoms with E-state index < -0.39 is 11.8 Å². The molecule has 4 aliphatic rings. The van der Waals surface area contributed by atoms with Gasteiger partial charge in [-0.05, 0) is 97.2 Å². The molecule has 0 radical (unpaired) electrons. The summed E-state index contributed by atoms with van der Waals surface area (Å²) in [5.74, 6) is 0.295. The van der Waals surface area contributed by atoms with E-state index >= 15 is 0 Å². The van der Waals surface area contributed by atoms with Crippen molar-refractivity contribution in [3.8, 4) is 0 Å². The molecule has 0 heterocycles. The summed E-state index contributed by atoms with van der Waals surface area (Å²) in [5.41, 5.74) is 0.733. The molecule has 0 aliphatic heterocycles. The molecule has 0 aromatic carbocycles. The zero-order chi connectivity index (χ0) is 21.2. The van der Waals surface area contributed by atoms with E-state index in [1.807, 2.05) is 6.92 Å². The van der Waals surface area contributed by atoms with Crippen LogP contribution >= 0.6 is 0 Å². The minimum Gasteiger partial charge on any atom is -0.477 e. The maximum atomic E-state index is 11.2. The maximum Gasteiger partial charge on any atom is 0.364 e. The standard InChI is InChI=1S/C25H42O4/c1-15-13-17-7-5-6-11-23(17,3)20-10-12-24(4)18(8-9-19(24)21(15)20)16(2)14-25(28,29)22(26)27/h15-21,28-29H,5-14H2,1-4H3,(H,26,27)/t15-,16+,17-,18+,19-,20-,21-,23-,24+/m0/s1. The second-order valence-corrected chi connectivity index (χ2v) is 12.0. The summed E-state index contributed by atoms with van der Waals surface area (Å²) in [6, 6.07) is 0. The molecule has 166 valence electrons. The van der Waals surface area contributed by atoms with Crippen LogP contribution in [-0.2, 0) is 4.79 Å². The summed E-state index contributed by atoms with van der Waals surface area (Å²) >= 11 is 0. The Morgan fingerprint density at radius 3 is 2.41 bits per heavy atom. The van der Waals surface area contributed by atoms with E-state index in [9.17, 15) is 15.0 Å². The smallest absolute Gasteiger partial charge is 0.364 e. The van der Waals surface area contributed by atoms with Gasteiger partial charge in [0.15, 0.2) is 0 Å². The number of carbonyl (C=O) groups is 1. The van der Waals surface area contributed by atoms with Crippen molar-refractivity contribution >= 4 is 5.97 Å². The average Bonchev–Trinajstić information content (AvgIpc) is 2.99. The molecule has 4 fully saturated rings. The van der Waals surface area contributed by atoms with Gasteiger partial charge in [-0.2, -0.15) is 0 Å². The van der Waals surface area contributed by atoms with Crippen LogP contribution in [0.1, 0.15) is 91.9 Å². The first-order chi connectivity index (χ1) is 13.5. The minimum absolute atomic E-state index is 0.00422. The van der Waals surface area contributed by atoms with Crippen molar-refractivity contribution in [2.45, 2.75) is 97.7 Å². The molecule has 0 saturated heterocycles. The monoisotopic (exact) mass is 406 g/mol. The van der Waals surface area contributed by atoms with Gasteiger partial charge in [0.25, 0.3) is 5.79 Å². The van der Waals surface area contributed by atoms with Crippen LogP contribution < -0.4 is 0 Å². The third kappa shape index (κ3) is 3.28. The quantitative estimate of drug-likeness (QED) is 0.569. The fourth-order valence-corrected chi connectivity index (χ4v) is 9.32. The lowest BCUT2D eigenvalue weighted by Crippen LogP contribution is -2.55. The third-order valence-electron chi connectivity index (χ3n) is 10.7. The van der Waals surface area contributed by atoms with Crippen LogP contribution in [0.4, 0.5) is 0 Å². The fraction of sp³-hybridized carbons (Fsp3) is 0.960. The maximum absolute atomic E-state index is 11.2. The molecule has 0 spiro atoms. The van der Waals surface area contributed by atoms with Gasteiger partial charge in [0.05, 0.1) is 0 Å². The van der Waals surface area contributed by atoms with Gasteiger partial charge in [0.1, 0.15) is 0 Å². The molecule has 0 unspecified atom stereocenters. The highest BCUT2D eigenvalue weighted by Crippen LogP contribution is 2.69. The van der Waals surface area contributed by atoms with E-state index in [0.29, 0.717) is 17.3 Å². The first-order valence-corrected chi connectivity index (χ1v) is 12.2. The lowest BCUT2D eigenvalue weighted by Gasteiger charge is -2.62. The molecule has 4 nitrogen and oxygen atoms in total. The van der Waals surface area contributed by atoms with Gasteiger partial charge in [-0.1, -0.05) is 40.5 Å². The van der Waals surface area contributed by atoms with E-state index in [2.05, 4.69) is 20.8 Å². The van der Waals surface area contributed by atoms with Crippen LogP contribution in [0.3, 0.4) is 0 Å². The highest BCUT2D eigenvalue weighted by atomic mass is 16.5. The molecule has 29 heavy (non-hydrogen) atoms. The molecule has 0 bridgehead atoms. The van der Waals surface area contributed by atoms with Gasteiger partial charge in [0.2, 0.25) is 0 Å². The highest BCUT2D eigenvalue weighted by Gasteiger charge is 2.62. The van der Waals surface area contributed by atoms with E-state index in [-0.39, 0.29) is 17.8 Å². The number of aliphatic hydroxyl groups is 2. The minimum atomic E-state index is -2.61. The van der Waals surface area contributed by atoms with Crippen molar-refractivity contribution in [1.82, 2.24) is 0 Å². The molecule has 0 aromatic rings. The van der Waals surface area contributed by atoms with Gasteiger partial charge in [-0.25, -0.2) is 4.79 Å². The molecule has 0 aromatic heterocycles. The van der Waals surface area contributed by atoms with Crippen molar-refractivity contribution in [3.05, 3.63) is 0 Å². The first-order valence-electron chi connectivity index (χ1n) is 12.2. The van der Waals surface area contributed by atoms with Crippen molar-refractivity contribution in [2.24, 2.45) is 52.3 Å². The predicted octanol–water partition coefficient (Wildman–Crippen LogP) is 5.07. The predicted molar refractivity (Wildman–Crippen MR) is 113 cm³/mol. The Morgan fingerprint density at radius 1 is 1.03 bits per heavy atom. The number of carboxylic acids is 1. The highest BCUT2D eigenvalue weighted by molar-refractivity contribution is 5.74. The summed E-state index contributed by atoms with van der Waals surface area (Å²) in [5, 5.41) is 29.1. The van der Waals surface area contributed by atoms with Gasteiger partial charge in [-0.3, -0.25) is 0 Å². The van der Waals surface area contributed by atoms with Crippen molar-refractivity contribution in [3.63, 3.8) is 0 Å². The van der Waals surface area contributed by atoms with Crippen LogP contribution in [0.2, 0.25) is 0 Å². The summed E-state index contributed by atoms with van der Waals surface area (Å²) in [6.45, 7) is 9.60. The number of hydrogen-bond donors (Lipinski definition) is 3. The second-order valence-electron chi connectivity index (χ2n) is 12.0. The van der Waals surface area contributed by atoms with Gasteiger partial charge in [0, 0.05) is 6.42 Å². The van der Waals surface area contributed by atoms with E-state index in [0.717, 1.165) is 30.1 Å². The Hall–Kier alpha value is -0.610. The summed E-state index contributed by atoms with van der Waals surface area (Å²) < 4.78 is 0. The summed E-state index contributed by atoms with van der Waals surface area (Å²) in [7, 11) is 0. The number of rotatable bonds is 4. The van der Waals surface area contributed by atoms with Gasteiger partial charge < -0.3 is 15.3 Å². The Kier molecular flexibility index (Phi) is 5.38. The fourth-order valence-electron chi connectivity index (χ4n) is 9.32. The molecule has 4 aliphatic carbocycles. The zero-order valence-electron chi connectivity index (χ0n) is 18.9. The van der Waals surface area contributed by atoms with E-state index in [4.69, 9.17) is 5.11 Å². The van der Waals surface area contributed by atoms with Crippen LogP contribution in [0.15, 0.2) is 0 Å². The van der Waals surface area contributed by atoms with Crippen molar-refractivity contribution in [2.75, 3.05) is 0 Å². The third-order valence-corrected chi connectivity index (χ3v) is 10.7. The van der Waals surface area contributed by atoms with E-state index in [1.54, 1.807) is 0 Å². The SMILES string of the molecule is C[C@H](CC(O)(O)C(=O)O)[C@H]1CC[C@H]2[C@@H]3[C@@H](C)C[C@@H]4CCCC[C@]4(C)[C@H]3CC[C@]12C. The van der Waals surface area contributed by atoms with E-state index in [1.165, 1.54) is 51.4 Å². The number of carboxylic acid groups (broad SMARTS) is 1. The molecule has 9 atom stereocenters. The van der Waals surface area contributed by atoms with Crippen molar-refractivity contribution < 1.29 is 20.1 Å². The summed E-state index contributed by atoms with van der Waals surface area (Å²) in [4.78, 5) is 11.2. The zero-order valence-corrected chi connectivity index (χ0v) is 18.9. The molecule has 4 heteroatoms. The molecule has 4 rings (SSSR count). The Morgan fingerprint density at radius 2 is 1.72 bits per heavy atom. The van der Waals surface area contributed by atoms with Gasteiger partial charge >= 0.3 is 5.97 Å². The lowest BCUT2D eigenvalue weighted by molar-refractivity contribution is -0.211. The Bertz CT molecular complexity index is 645. The number of hydrogen-bond acceptors (Lipinski definition) is 3. The topological polar surface area (TPSA) is 77.8 Å². The number of fused-ring (bicyclic) bond motifs is 5. The van der Waals surface area contributed by atoms with Crippen LogP contribution in [0.5, 0.6) is 0 Å². The Labute approximate surface area is 176 Å². The van der Waals surface area contributed by atoms with Crippen LogP contribution in [0, 0.1) is 52.3 Å². The number of aliphatic carboxylic acids is 1. The molecular formula is C25H42O4. The molecule has 0 amide bonds. The van der Waals surface area contributed by atoms with Crippen molar-refractivity contribution in [1.29, 1.82) is 0 Å². The Balaban J connectivity index is 1.57. The van der Waals surface area contributed by atoms with Crippen LogP contribution in [0.25, 0.3) is 0 Å². The largest absolute Gasteiger partial charge is 0.477 e. The second kappa shape index (κ2) is 7.22. The molecule has 3 N–H and O–H groups in total.